The van der Waals surface area contributed by atoms with E-state index < -0.39 is 0 Å². The first-order valence-corrected chi connectivity index (χ1v) is 8.21. The van der Waals surface area contributed by atoms with Crippen molar-refractivity contribution in [1.29, 1.82) is 0 Å². The predicted octanol–water partition coefficient (Wildman–Crippen LogP) is 4.07. The van der Waals surface area contributed by atoms with Gasteiger partial charge < -0.3 is 5.32 Å². The zero-order valence-electron chi connectivity index (χ0n) is 12.5. The summed E-state index contributed by atoms with van der Waals surface area (Å²) in [6.07, 6.45) is 5.42. The molecule has 1 N–H and O–H groups in total. The summed E-state index contributed by atoms with van der Waals surface area (Å²) in [7, 11) is 0. The topological polar surface area (TPSA) is 12.0 Å². The van der Waals surface area contributed by atoms with Crippen LogP contribution < -0.4 is 5.32 Å². The van der Waals surface area contributed by atoms with Crippen molar-refractivity contribution in [2.45, 2.75) is 37.6 Å². The van der Waals surface area contributed by atoms with Gasteiger partial charge in [0, 0.05) is 6.54 Å². The van der Waals surface area contributed by atoms with Gasteiger partial charge in [-0.05, 0) is 60.3 Å². The highest BCUT2D eigenvalue weighted by Gasteiger charge is 2.55. The summed E-state index contributed by atoms with van der Waals surface area (Å²) in [6.45, 7) is 2.15. The maximum atomic E-state index is 3.67. The van der Waals surface area contributed by atoms with Crippen LogP contribution in [0.4, 0.5) is 0 Å². The quantitative estimate of drug-likeness (QED) is 0.888. The van der Waals surface area contributed by atoms with Crippen LogP contribution in [0.2, 0.25) is 0 Å². The molecule has 0 radical (unpaired) electrons. The first-order chi connectivity index (χ1) is 10.4. The molecule has 4 rings (SSSR count). The summed E-state index contributed by atoms with van der Waals surface area (Å²) < 4.78 is 0. The molecule has 21 heavy (non-hydrogen) atoms. The molecule has 2 aliphatic rings. The van der Waals surface area contributed by atoms with Crippen molar-refractivity contribution < 1.29 is 0 Å². The minimum Gasteiger partial charge on any atom is -0.312 e. The normalized spacial score (nSPS) is 26.6. The molecule has 2 aromatic carbocycles. The summed E-state index contributed by atoms with van der Waals surface area (Å²) in [4.78, 5) is 0. The second-order valence-electron chi connectivity index (χ2n) is 6.68. The van der Waals surface area contributed by atoms with E-state index in [2.05, 4.69) is 59.9 Å². The van der Waals surface area contributed by atoms with Crippen molar-refractivity contribution in [2.75, 3.05) is 6.54 Å². The van der Waals surface area contributed by atoms with Gasteiger partial charge >= 0.3 is 0 Å². The van der Waals surface area contributed by atoms with Crippen LogP contribution in [-0.4, -0.2) is 6.54 Å². The van der Waals surface area contributed by atoms with E-state index in [1.54, 1.807) is 11.1 Å². The highest BCUT2D eigenvalue weighted by molar-refractivity contribution is 5.42. The zero-order valence-corrected chi connectivity index (χ0v) is 12.5. The van der Waals surface area contributed by atoms with Gasteiger partial charge in [-0.2, -0.15) is 0 Å². The maximum Gasteiger partial charge on any atom is 0.0205 e. The van der Waals surface area contributed by atoms with E-state index in [-0.39, 0.29) is 0 Å². The Labute approximate surface area is 127 Å². The van der Waals surface area contributed by atoms with Gasteiger partial charge in [0.1, 0.15) is 0 Å². The second kappa shape index (κ2) is 5.31. The Bertz CT molecular complexity index is 619. The van der Waals surface area contributed by atoms with Gasteiger partial charge in [0.25, 0.3) is 0 Å². The average molecular weight is 277 g/mol. The fourth-order valence-corrected chi connectivity index (χ4v) is 4.22. The number of hydrogen-bond donors (Lipinski definition) is 1. The molecule has 0 aromatic heterocycles. The minimum atomic E-state index is 0.512. The van der Waals surface area contributed by atoms with E-state index in [0.29, 0.717) is 5.41 Å². The smallest absolute Gasteiger partial charge is 0.0205 e. The Morgan fingerprint density at radius 1 is 1.00 bits per heavy atom. The number of nitrogens with one attached hydrogen (secondary N) is 1. The Morgan fingerprint density at radius 3 is 2.71 bits per heavy atom. The fourth-order valence-electron chi connectivity index (χ4n) is 4.22. The van der Waals surface area contributed by atoms with Crippen molar-refractivity contribution in [3.8, 4) is 0 Å². The average Bonchev–Trinajstić information content (AvgIpc) is 3.22. The summed E-state index contributed by atoms with van der Waals surface area (Å²) >= 11 is 0. The first kappa shape index (κ1) is 13.1. The molecule has 1 saturated carbocycles. The van der Waals surface area contributed by atoms with Crippen molar-refractivity contribution in [3.05, 3.63) is 71.3 Å². The van der Waals surface area contributed by atoms with Crippen molar-refractivity contribution in [2.24, 2.45) is 5.92 Å². The molecule has 2 atom stereocenters. The molecule has 1 fully saturated rings. The Balaban J connectivity index is 1.40. The molecule has 0 aliphatic heterocycles. The third kappa shape index (κ3) is 2.40. The predicted molar refractivity (Wildman–Crippen MR) is 87.3 cm³/mol. The highest BCUT2D eigenvalue weighted by atomic mass is 14.9. The molecule has 108 valence electrons. The van der Waals surface area contributed by atoms with E-state index in [0.717, 1.165) is 19.0 Å². The number of fused-ring (bicyclic) bond motifs is 2. The molecule has 2 aromatic rings. The van der Waals surface area contributed by atoms with Gasteiger partial charge in [0.05, 0.1) is 0 Å². The van der Waals surface area contributed by atoms with E-state index >= 15 is 0 Å². The van der Waals surface area contributed by atoms with Crippen LogP contribution in [0.5, 0.6) is 0 Å². The van der Waals surface area contributed by atoms with Crippen molar-refractivity contribution in [3.63, 3.8) is 0 Å². The molecular formula is C20H23N. The molecule has 0 heterocycles. The van der Waals surface area contributed by atoms with Gasteiger partial charge in [0.15, 0.2) is 0 Å². The van der Waals surface area contributed by atoms with Crippen LogP contribution in [-0.2, 0) is 18.4 Å². The molecule has 2 aliphatic carbocycles. The summed E-state index contributed by atoms with van der Waals surface area (Å²) in [5.74, 6) is 0.836. The maximum absolute atomic E-state index is 3.67. The van der Waals surface area contributed by atoms with Crippen LogP contribution in [0.3, 0.4) is 0 Å². The molecule has 1 nitrogen and oxygen atoms in total. The summed E-state index contributed by atoms with van der Waals surface area (Å²) in [5.41, 5.74) is 5.16. The molecular weight excluding hydrogens is 254 g/mol. The van der Waals surface area contributed by atoms with Crippen LogP contribution >= 0.6 is 0 Å². The van der Waals surface area contributed by atoms with Gasteiger partial charge in [-0.15, -0.1) is 0 Å². The zero-order chi connectivity index (χ0) is 14.1. The highest BCUT2D eigenvalue weighted by Crippen LogP contribution is 2.59. The van der Waals surface area contributed by atoms with Crippen molar-refractivity contribution >= 4 is 0 Å². The Morgan fingerprint density at radius 2 is 1.81 bits per heavy atom. The lowest BCUT2D eigenvalue weighted by molar-refractivity contribution is 0.479. The van der Waals surface area contributed by atoms with Gasteiger partial charge in [-0.1, -0.05) is 54.6 Å². The van der Waals surface area contributed by atoms with E-state index in [1.165, 1.54) is 31.2 Å². The standard InChI is InChI=1S/C20H23N/c1-2-7-16(8-3-1)14-21-15-18-13-20(18)12-6-10-17-9-4-5-11-19(17)20/h1-5,7-9,11,18,21H,6,10,12-15H2/t18-,20-/m0/s1. The van der Waals surface area contributed by atoms with Gasteiger partial charge in [-0.3, -0.25) is 0 Å². The van der Waals surface area contributed by atoms with E-state index in [1.807, 2.05) is 0 Å². The number of benzene rings is 2. The lowest BCUT2D eigenvalue weighted by atomic mass is 9.78. The lowest BCUT2D eigenvalue weighted by Crippen LogP contribution is -2.24. The Hall–Kier alpha value is -1.60. The first-order valence-electron chi connectivity index (χ1n) is 8.21. The van der Waals surface area contributed by atoms with Crippen LogP contribution in [0, 0.1) is 5.92 Å². The SMILES string of the molecule is c1ccc(CNC[C@@H]2C[C@@]23CCCc2ccccc23)cc1. The molecule has 0 bridgehead atoms. The number of aryl methyl sites for hydroxylation is 1. The number of hydrogen-bond acceptors (Lipinski definition) is 1. The lowest BCUT2D eigenvalue weighted by Gasteiger charge is -2.26. The number of rotatable bonds is 4. The van der Waals surface area contributed by atoms with E-state index in [4.69, 9.17) is 0 Å². The van der Waals surface area contributed by atoms with Gasteiger partial charge in [-0.25, -0.2) is 0 Å². The fraction of sp³-hybridized carbons (Fsp3) is 0.400. The molecule has 1 heteroatoms. The largest absolute Gasteiger partial charge is 0.312 e. The van der Waals surface area contributed by atoms with Crippen molar-refractivity contribution in [1.82, 2.24) is 5.32 Å². The minimum absolute atomic E-state index is 0.512. The molecule has 0 saturated heterocycles. The molecule has 1 spiro atoms. The molecule has 0 amide bonds. The molecule has 0 unspecified atom stereocenters. The van der Waals surface area contributed by atoms with Crippen LogP contribution in [0.25, 0.3) is 0 Å². The monoisotopic (exact) mass is 277 g/mol. The third-order valence-corrected chi connectivity index (χ3v) is 5.42. The van der Waals surface area contributed by atoms with E-state index in [9.17, 15) is 0 Å². The summed E-state index contributed by atoms with van der Waals surface area (Å²) in [6, 6.07) is 19.9. The van der Waals surface area contributed by atoms with Crippen LogP contribution in [0.1, 0.15) is 36.0 Å². The van der Waals surface area contributed by atoms with Crippen LogP contribution in [0.15, 0.2) is 54.6 Å². The summed E-state index contributed by atoms with van der Waals surface area (Å²) in [5, 5.41) is 3.67. The second-order valence-corrected chi connectivity index (χ2v) is 6.68. The third-order valence-electron chi connectivity index (χ3n) is 5.42. The Kier molecular flexibility index (Phi) is 3.31. The van der Waals surface area contributed by atoms with Gasteiger partial charge in [0.2, 0.25) is 0 Å².